The Kier molecular flexibility index (Phi) is 4.81. The fourth-order valence-corrected chi connectivity index (χ4v) is 3.78. The minimum Gasteiger partial charge on any atom is -0.380 e. The fourth-order valence-electron chi connectivity index (χ4n) is 1.97. The van der Waals surface area contributed by atoms with Crippen LogP contribution in [0.4, 0.5) is 0 Å². The summed E-state index contributed by atoms with van der Waals surface area (Å²) < 4.78 is 31.7. The quantitative estimate of drug-likeness (QED) is 0.911. The minimum atomic E-state index is -3.50. The average Bonchev–Trinajstić information content (AvgIpc) is 2.67. The molecule has 1 aromatic carbocycles. The molecule has 0 bridgehead atoms. The van der Waals surface area contributed by atoms with Crippen LogP contribution in [0.1, 0.15) is 12.0 Å². The van der Waals surface area contributed by atoms with E-state index in [1.165, 1.54) is 10.4 Å². The Morgan fingerprint density at radius 1 is 1.32 bits per heavy atom. The first-order valence-electron chi connectivity index (χ1n) is 6.12. The van der Waals surface area contributed by atoms with Crippen molar-refractivity contribution >= 4 is 21.6 Å². The summed E-state index contributed by atoms with van der Waals surface area (Å²) in [4.78, 5) is 0.205. The molecule has 1 heterocycles. The standard InChI is InChI=1S/C12H17ClN2O3S/c13-12-8-11(3-2-10(12)9-14)19(16,17)15-4-1-6-18-7-5-15/h2-3,8H,1,4-7,9,14H2. The first-order chi connectivity index (χ1) is 9.05. The minimum absolute atomic E-state index is 0.205. The Morgan fingerprint density at radius 2 is 2.11 bits per heavy atom. The number of sulfonamides is 1. The van der Waals surface area contributed by atoms with Crippen LogP contribution in [0.2, 0.25) is 5.02 Å². The number of hydrogen-bond donors (Lipinski definition) is 1. The Labute approximate surface area is 118 Å². The number of halogens is 1. The third-order valence-corrected chi connectivity index (χ3v) is 5.31. The number of rotatable bonds is 3. The zero-order chi connectivity index (χ0) is 13.9. The molecule has 19 heavy (non-hydrogen) atoms. The second-order valence-corrected chi connectivity index (χ2v) is 6.67. The van der Waals surface area contributed by atoms with Crippen LogP contribution < -0.4 is 5.73 Å². The van der Waals surface area contributed by atoms with Gasteiger partial charge in [-0.3, -0.25) is 0 Å². The molecule has 0 spiro atoms. The van der Waals surface area contributed by atoms with Crippen LogP contribution in [0.25, 0.3) is 0 Å². The lowest BCUT2D eigenvalue weighted by atomic mass is 10.2. The molecule has 0 radical (unpaired) electrons. The van der Waals surface area contributed by atoms with Crippen LogP contribution in [-0.2, 0) is 21.3 Å². The maximum atomic E-state index is 12.5. The third kappa shape index (κ3) is 3.27. The van der Waals surface area contributed by atoms with Crippen molar-refractivity contribution in [2.24, 2.45) is 5.73 Å². The maximum Gasteiger partial charge on any atom is 0.243 e. The lowest BCUT2D eigenvalue weighted by Gasteiger charge is -2.19. The molecule has 1 aliphatic heterocycles. The monoisotopic (exact) mass is 304 g/mol. The molecule has 7 heteroatoms. The van der Waals surface area contributed by atoms with Crippen LogP contribution in [0.3, 0.4) is 0 Å². The van der Waals surface area contributed by atoms with Gasteiger partial charge in [-0.2, -0.15) is 4.31 Å². The van der Waals surface area contributed by atoms with Crippen molar-refractivity contribution in [3.63, 3.8) is 0 Å². The summed E-state index contributed by atoms with van der Waals surface area (Å²) in [5.74, 6) is 0. The molecule has 0 aromatic heterocycles. The van der Waals surface area contributed by atoms with Crippen LogP contribution >= 0.6 is 11.6 Å². The van der Waals surface area contributed by atoms with Crippen molar-refractivity contribution in [3.05, 3.63) is 28.8 Å². The van der Waals surface area contributed by atoms with Crippen molar-refractivity contribution in [2.45, 2.75) is 17.9 Å². The van der Waals surface area contributed by atoms with Gasteiger partial charge in [-0.25, -0.2) is 8.42 Å². The summed E-state index contributed by atoms with van der Waals surface area (Å²) >= 11 is 6.02. The normalized spacial score (nSPS) is 18.2. The Hall–Kier alpha value is -0.660. The van der Waals surface area contributed by atoms with Crippen LogP contribution in [0.5, 0.6) is 0 Å². The summed E-state index contributed by atoms with van der Waals surface area (Å²) in [5.41, 5.74) is 6.25. The lowest BCUT2D eigenvalue weighted by Crippen LogP contribution is -2.33. The highest BCUT2D eigenvalue weighted by molar-refractivity contribution is 7.89. The van der Waals surface area contributed by atoms with Crippen molar-refractivity contribution in [3.8, 4) is 0 Å². The molecule has 5 nitrogen and oxygen atoms in total. The summed E-state index contributed by atoms with van der Waals surface area (Å²) in [6, 6.07) is 4.67. The molecular weight excluding hydrogens is 288 g/mol. The largest absolute Gasteiger partial charge is 0.380 e. The molecule has 1 fully saturated rings. The lowest BCUT2D eigenvalue weighted by molar-refractivity contribution is 0.148. The summed E-state index contributed by atoms with van der Waals surface area (Å²) in [6.07, 6.45) is 0.702. The predicted molar refractivity (Wildman–Crippen MR) is 73.5 cm³/mol. The van der Waals surface area contributed by atoms with E-state index in [0.717, 1.165) is 5.56 Å². The van der Waals surface area contributed by atoms with Gasteiger partial charge in [0, 0.05) is 31.3 Å². The molecule has 2 N–H and O–H groups in total. The van der Waals surface area contributed by atoms with E-state index in [1.807, 2.05) is 0 Å². The average molecular weight is 305 g/mol. The molecule has 106 valence electrons. The van der Waals surface area contributed by atoms with Gasteiger partial charge in [-0.15, -0.1) is 0 Å². The Balaban J connectivity index is 2.30. The molecule has 0 unspecified atom stereocenters. The fraction of sp³-hybridized carbons (Fsp3) is 0.500. The van der Waals surface area contributed by atoms with Crippen LogP contribution in [0.15, 0.2) is 23.1 Å². The van der Waals surface area contributed by atoms with Crippen LogP contribution in [-0.4, -0.2) is 39.0 Å². The van der Waals surface area contributed by atoms with E-state index in [-0.39, 0.29) is 11.4 Å². The Morgan fingerprint density at radius 3 is 2.79 bits per heavy atom. The van der Waals surface area contributed by atoms with E-state index >= 15 is 0 Å². The smallest absolute Gasteiger partial charge is 0.243 e. The zero-order valence-corrected chi connectivity index (χ0v) is 12.1. The molecular formula is C12H17ClN2O3S. The second kappa shape index (κ2) is 6.19. The highest BCUT2D eigenvalue weighted by Gasteiger charge is 2.25. The van der Waals surface area contributed by atoms with Gasteiger partial charge in [-0.05, 0) is 24.1 Å². The number of nitrogens with zero attached hydrogens (tertiary/aromatic N) is 1. The van der Waals surface area contributed by atoms with Crippen molar-refractivity contribution in [1.82, 2.24) is 4.31 Å². The molecule has 0 atom stereocenters. The van der Waals surface area contributed by atoms with Crippen molar-refractivity contribution in [2.75, 3.05) is 26.3 Å². The predicted octanol–water partition coefficient (Wildman–Crippen LogP) is 1.21. The summed E-state index contributed by atoms with van der Waals surface area (Å²) in [6.45, 7) is 2.15. The van der Waals surface area contributed by atoms with Gasteiger partial charge in [-0.1, -0.05) is 17.7 Å². The van der Waals surface area contributed by atoms with Crippen molar-refractivity contribution in [1.29, 1.82) is 0 Å². The zero-order valence-electron chi connectivity index (χ0n) is 10.5. The van der Waals surface area contributed by atoms with Gasteiger partial charge in [0.05, 0.1) is 11.5 Å². The first kappa shape index (κ1) is 14.7. The topological polar surface area (TPSA) is 72.6 Å². The van der Waals surface area contributed by atoms with E-state index in [1.54, 1.807) is 12.1 Å². The van der Waals surface area contributed by atoms with E-state index in [9.17, 15) is 8.42 Å². The maximum absolute atomic E-state index is 12.5. The van der Waals surface area contributed by atoms with E-state index in [4.69, 9.17) is 22.1 Å². The number of hydrogen-bond acceptors (Lipinski definition) is 4. The number of ether oxygens (including phenoxy) is 1. The van der Waals surface area contributed by atoms with Crippen LogP contribution in [0, 0.1) is 0 Å². The molecule has 0 saturated carbocycles. The van der Waals surface area contributed by atoms with E-state index in [0.29, 0.717) is 37.7 Å². The Bertz CT molecular complexity index is 540. The van der Waals surface area contributed by atoms with Gasteiger partial charge < -0.3 is 10.5 Å². The molecule has 2 rings (SSSR count). The first-order valence-corrected chi connectivity index (χ1v) is 7.94. The number of nitrogens with two attached hydrogens (primary N) is 1. The van der Waals surface area contributed by atoms with Gasteiger partial charge in [0.25, 0.3) is 0 Å². The highest BCUT2D eigenvalue weighted by atomic mass is 35.5. The van der Waals surface area contributed by atoms with Gasteiger partial charge in [0.2, 0.25) is 10.0 Å². The van der Waals surface area contributed by atoms with Gasteiger partial charge in [0.15, 0.2) is 0 Å². The van der Waals surface area contributed by atoms with Crippen molar-refractivity contribution < 1.29 is 13.2 Å². The SMILES string of the molecule is NCc1ccc(S(=O)(=O)N2CCCOCC2)cc1Cl. The molecule has 0 aliphatic carbocycles. The highest BCUT2D eigenvalue weighted by Crippen LogP contribution is 2.23. The third-order valence-electron chi connectivity index (χ3n) is 3.06. The second-order valence-electron chi connectivity index (χ2n) is 4.33. The molecule has 1 aromatic rings. The van der Waals surface area contributed by atoms with Gasteiger partial charge >= 0.3 is 0 Å². The summed E-state index contributed by atoms with van der Waals surface area (Å²) in [7, 11) is -3.50. The number of benzene rings is 1. The molecule has 1 saturated heterocycles. The van der Waals surface area contributed by atoms with E-state index < -0.39 is 10.0 Å². The molecule has 1 aliphatic rings. The van der Waals surface area contributed by atoms with Gasteiger partial charge in [0.1, 0.15) is 0 Å². The summed E-state index contributed by atoms with van der Waals surface area (Å²) in [5, 5.41) is 0.384. The molecule has 0 amide bonds. The van der Waals surface area contributed by atoms with E-state index in [2.05, 4.69) is 0 Å².